The summed E-state index contributed by atoms with van der Waals surface area (Å²) in [5.41, 5.74) is 0. The summed E-state index contributed by atoms with van der Waals surface area (Å²) in [5.74, 6) is -0.160. The molecule has 0 heterocycles. The molecule has 2 nitrogen and oxygen atoms in total. The predicted octanol–water partition coefficient (Wildman–Crippen LogP) is 2.06. The number of hydrogen-bond donors (Lipinski definition) is 0. The Morgan fingerprint density at radius 2 is 1.75 bits per heavy atom. The van der Waals surface area contributed by atoms with E-state index < -0.39 is 6.67 Å². The maximum Gasteiger partial charge on any atom is 0.140 e. The van der Waals surface area contributed by atoms with Crippen molar-refractivity contribution in [3.8, 4) is 0 Å². The molecule has 0 aliphatic rings. The summed E-state index contributed by atoms with van der Waals surface area (Å²) in [6.07, 6.45) is 1.68. The molecule has 0 aromatic carbocycles. The molecule has 12 heavy (non-hydrogen) atoms. The van der Waals surface area contributed by atoms with Crippen LogP contribution in [0.15, 0.2) is 0 Å². The molecular weight excluding hydrogens is 159 g/mol. The number of carbonyl (C=O) groups is 2. The van der Waals surface area contributed by atoms with Crippen LogP contribution < -0.4 is 0 Å². The van der Waals surface area contributed by atoms with E-state index in [1.54, 1.807) is 0 Å². The summed E-state index contributed by atoms with van der Waals surface area (Å²) in [5, 5.41) is 0. The SMILES string of the molecule is CCCC(=O)CC(=O)CCCF. The smallest absolute Gasteiger partial charge is 0.140 e. The Balaban J connectivity index is 3.47. The molecule has 70 valence electrons. The Morgan fingerprint density at radius 1 is 1.17 bits per heavy atom. The van der Waals surface area contributed by atoms with Crippen molar-refractivity contribution in [1.29, 1.82) is 0 Å². The van der Waals surface area contributed by atoms with E-state index in [-0.39, 0.29) is 30.8 Å². The Bertz CT molecular complexity index is 155. The van der Waals surface area contributed by atoms with Crippen molar-refractivity contribution in [2.24, 2.45) is 0 Å². The van der Waals surface area contributed by atoms with Gasteiger partial charge in [-0.25, -0.2) is 0 Å². The van der Waals surface area contributed by atoms with Gasteiger partial charge in [-0.15, -0.1) is 0 Å². The Labute approximate surface area is 72.1 Å². The standard InChI is InChI=1S/C9H15FO2/c1-2-4-8(11)7-9(12)5-3-6-10/h2-7H2,1H3. The number of ketones is 2. The predicted molar refractivity (Wildman–Crippen MR) is 44.7 cm³/mol. The van der Waals surface area contributed by atoms with E-state index in [1.807, 2.05) is 6.92 Å². The van der Waals surface area contributed by atoms with Gasteiger partial charge in [0.2, 0.25) is 0 Å². The van der Waals surface area contributed by atoms with E-state index in [0.717, 1.165) is 6.42 Å². The lowest BCUT2D eigenvalue weighted by Crippen LogP contribution is -2.07. The average molecular weight is 174 g/mol. The van der Waals surface area contributed by atoms with Gasteiger partial charge in [-0.3, -0.25) is 14.0 Å². The fourth-order valence-corrected chi connectivity index (χ4v) is 0.940. The third-order valence-electron chi connectivity index (χ3n) is 1.51. The molecule has 0 radical (unpaired) electrons. The average Bonchev–Trinajstić information content (AvgIpc) is 2.01. The van der Waals surface area contributed by atoms with E-state index in [2.05, 4.69) is 0 Å². The quantitative estimate of drug-likeness (QED) is 0.553. The van der Waals surface area contributed by atoms with Gasteiger partial charge in [-0.1, -0.05) is 6.92 Å². The molecule has 0 saturated heterocycles. The normalized spacial score (nSPS) is 9.83. The number of halogens is 1. The zero-order valence-corrected chi connectivity index (χ0v) is 7.44. The molecule has 0 aromatic rings. The van der Waals surface area contributed by atoms with Gasteiger partial charge in [0.1, 0.15) is 11.6 Å². The number of hydrogen-bond acceptors (Lipinski definition) is 2. The van der Waals surface area contributed by atoms with Crippen LogP contribution in [-0.2, 0) is 9.59 Å². The first kappa shape index (κ1) is 11.3. The third-order valence-corrected chi connectivity index (χ3v) is 1.51. The molecule has 3 heteroatoms. The molecule has 0 fully saturated rings. The summed E-state index contributed by atoms with van der Waals surface area (Å²) in [4.78, 5) is 21.8. The summed E-state index contributed by atoms with van der Waals surface area (Å²) >= 11 is 0. The molecule has 0 aliphatic heterocycles. The fraction of sp³-hybridized carbons (Fsp3) is 0.778. The van der Waals surface area contributed by atoms with Gasteiger partial charge in [-0.05, 0) is 12.8 Å². The highest BCUT2D eigenvalue weighted by atomic mass is 19.1. The number of Topliss-reactive ketones (excluding diaryl/α,β-unsaturated/α-hetero) is 2. The molecule has 0 spiro atoms. The Hall–Kier alpha value is -0.730. The molecule has 0 saturated carbocycles. The van der Waals surface area contributed by atoms with Crippen LogP contribution in [0.25, 0.3) is 0 Å². The first-order valence-corrected chi connectivity index (χ1v) is 4.30. The van der Waals surface area contributed by atoms with Crippen LogP contribution >= 0.6 is 0 Å². The topological polar surface area (TPSA) is 34.1 Å². The summed E-state index contributed by atoms with van der Waals surface area (Å²) in [6.45, 7) is 1.41. The molecule has 0 unspecified atom stereocenters. The maximum atomic E-state index is 11.6. The third kappa shape index (κ3) is 6.01. The second kappa shape index (κ2) is 6.95. The van der Waals surface area contributed by atoms with Crippen molar-refractivity contribution in [1.82, 2.24) is 0 Å². The van der Waals surface area contributed by atoms with Crippen molar-refractivity contribution in [2.75, 3.05) is 6.67 Å². The van der Waals surface area contributed by atoms with E-state index in [9.17, 15) is 14.0 Å². The first-order valence-electron chi connectivity index (χ1n) is 4.30. The van der Waals surface area contributed by atoms with Gasteiger partial charge in [0, 0.05) is 12.8 Å². The number of rotatable bonds is 7. The highest BCUT2D eigenvalue weighted by Crippen LogP contribution is 2.00. The van der Waals surface area contributed by atoms with Gasteiger partial charge in [0.15, 0.2) is 0 Å². The molecule has 0 rings (SSSR count). The molecular formula is C9H15FO2. The highest BCUT2D eigenvalue weighted by Gasteiger charge is 2.07. The molecule has 0 N–H and O–H groups in total. The zero-order valence-electron chi connectivity index (χ0n) is 7.44. The largest absolute Gasteiger partial charge is 0.299 e. The van der Waals surface area contributed by atoms with Gasteiger partial charge in [0.25, 0.3) is 0 Å². The Morgan fingerprint density at radius 3 is 2.25 bits per heavy atom. The minimum absolute atomic E-state index is 0.00611. The van der Waals surface area contributed by atoms with E-state index in [0.29, 0.717) is 6.42 Å². The van der Waals surface area contributed by atoms with Crippen molar-refractivity contribution < 1.29 is 14.0 Å². The fourth-order valence-electron chi connectivity index (χ4n) is 0.940. The van der Waals surface area contributed by atoms with Crippen LogP contribution in [0.2, 0.25) is 0 Å². The van der Waals surface area contributed by atoms with E-state index in [4.69, 9.17) is 0 Å². The van der Waals surface area contributed by atoms with Crippen LogP contribution in [0.4, 0.5) is 4.39 Å². The van der Waals surface area contributed by atoms with Crippen LogP contribution in [0.1, 0.15) is 39.0 Å². The Kier molecular flexibility index (Phi) is 6.53. The van der Waals surface area contributed by atoms with Crippen LogP contribution in [-0.4, -0.2) is 18.2 Å². The molecule has 0 aliphatic carbocycles. The van der Waals surface area contributed by atoms with Crippen LogP contribution in [0.3, 0.4) is 0 Å². The van der Waals surface area contributed by atoms with Crippen LogP contribution in [0.5, 0.6) is 0 Å². The second-order valence-corrected chi connectivity index (χ2v) is 2.80. The van der Waals surface area contributed by atoms with Gasteiger partial charge < -0.3 is 0 Å². The lowest BCUT2D eigenvalue weighted by molar-refractivity contribution is -0.127. The highest BCUT2D eigenvalue weighted by molar-refractivity contribution is 5.98. The summed E-state index contributed by atoms with van der Waals surface area (Å²) in [6, 6.07) is 0. The van der Waals surface area contributed by atoms with E-state index >= 15 is 0 Å². The van der Waals surface area contributed by atoms with Gasteiger partial charge in [-0.2, -0.15) is 0 Å². The maximum absolute atomic E-state index is 11.6. The van der Waals surface area contributed by atoms with Crippen molar-refractivity contribution >= 4 is 11.6 Å². The van der Waals surface area contributed by atoms with E-state index in [1.165, 1.54) is 0 Å². The first-order chi connectivity index (χ1) is 5.70. The monoisotopic (exact) mass is 174 g/mol. The minimum atomic E-state index is -0.478. The van der Waals surface area contributed by atoms with Gasteiger partial charge in [0.05, 0.1) is 13.1 Å². The minimum Gasteiger partial charge on any atom is -0.299 e. The second-order valence-electron chi connectivity index (χ2n) is 2.80. The van der Waals surface area contributed by atoms with Crippen molar-refractivity contribution in [3.05, 3.63) is 0 Å². The summed E-state index contributed by atoms with van der Waals surface area (Å²) < 4.78 is 11.6. The van der Waals surface area contributed by atoms with Crippen molar-refractivity contribution in [3.63, 3.8) is 0 Å². The summed E-state index contributed by atoms with van der Waals surface area (Å²) in [7, 11) is 0. The molecule has 0 amide bonds. The molecule has 0 aromatic heterocycles. The lowest BCUT2D eigenvalue weighted by Gasteiger charge is -1.96. The van der Waals surface area contributed by atoms with Crippen molar-refractivity contribution in [2.45, 2.75) is 39.0 Å². The number of carbonyl (C=O) groups excluding carboxylic acids is 2. The lowest BCUT2D eigenvalue weighted by atomic mass is 10.1. The molecule has 0 bridgehead atoms. The molecule has 0 atom stereocenters. The number of alkyl halides is 1. The zero-order chi connectivity index (χ0) is 9.40. The van der Waals surface area contributed by atoms with Gasteiger partial charge >= 0.3 is 0 Å². The van der Waals surface area contributed by atoms with Crippen LogP contribution in [0, 0.1) is 0 Å².